The Kier molecular flexibility index (Phi) is 25.6. The zero-order chi connectivity index (χ0) is 18.7. The van der Waals surface area contributed by atoms with E-state index in [2.05, 4.69) is 22.2 Å². The van der Waals surface area contributed by atoms with Crippen LogP contribution >= 0.6 is 0 Å². The molecule has 0 saturated heterocycles. The average Bonchev–Trinajstić information content (AvgIpc) is 2.60. The van der Waals surface area contributed by atoms with E-state index in [9.17, 15) is 0 Å². The molecule has 24 heavy (non-hydrogen) atoms. The van der Waals surface area contributed by atoms with E-state index in [1.165, 1.54) is 44.9 Å². The van der Waals surface area contributed by atoms with E-state index in [4.69, 9.17) is 9.47 Å². The third kappa shape index (κ3) is 16.4. The van der Waals surface area contributed by atoms with Crippen molar-refractivity contribution in [2.24, 2.45) is 0 Å². The van der Waals surface area contributed by atoms with E-state index >= 15 is 0 Å². The Morgan fingerprint density at radius 3 is 1.33 bits per heavy atom. The summed E-state index contributed by atoms with van der Waals surface area (Å²) in [5, 5.41) is 0. The van der Waals surface area contributed by atoms with E-state index in [0.717, 1.165) is 6.42 Å². The van der Waals surface area contributed by atoms with Crippen LogP contribution in [0.5, 0.6) is 0 Å². The minimum absolute atomic E-state index is 0.0116. The molecule has 0 heterocycles. The molecule has 0 N–H and O–H groups in total. The summed E-state index contributed by atoms with van der Waals surface area (Å²) in [6.07, 6.45) is 10.9. The minimum atomic E-state index is -1.90. The van der Waals surface area contributed by atoms with Gasteiger partial charge in [0.05, 0.1) is 0 Å². The molecular formula is C18H46O3Sn3. The third-order valence-electron chi connectivity index (χ3n) is 4.85. The molecule has 148 valence electrons. The van der Waals surface area contributed by atoms with Gasteiger partial charge in [-0.2, -0.15) is 0 Å². The van der Waals surface area contributed by atoms with Crippen LogP contribution in [0.15, 0.2) is 0 Å². The molecule has 0 saturated carbocycles. The van der Waals surface area contributed by atoms with Gasteiger partial charge in [-0.3, -0.25) is 0 Å². The molecule has 0 unspecified atom stereocenters. The first-order chi connectivity index (χ1) is 11.6. The summed E-state index contributed by atoms with van der Waals surface area (Å²) in [6, 6.07) is 0. The van der Waals surface area contributed by atoms with E-state index in [1.807, 2.05) is 0 Å². The molecule has 6 heteroatoms. The molecule has 0 fully saturated rings. The maximum absolute atomic E-state index is 5.36. The maximum atomic E-state index is 5.36. The molecule has 0 aliphatic rings. The van der Waals surface area contributed by atoms with Crippen LogP contribution in [0.25, 0.3) is 0 Å². The van der Waals surface area contributed by atoms with Crippen molar-refractivity contribution in [3.8, 4) is 0 Å². The molecule has 0 amide bonds. The first-order valence-electron chi connectivity index (χ1n) is 10.0. The molecule has 0 aliphatic heterocycles. The first kappa shape index (κ1) is 28.5. The van der Waals surface area contributed by atoms with E-state index in [-0.39, 0.29) is 6.29 Å². The molecule has 3 nitrogen and oxygen atoms in total. The van der Waals surface area contributed by atoms with Crippen LogP contribution in [-0.4, -0.2) is 84.8 Å². The quantitative estimate of drug-likeness (QED) is 0.197. The summed E-state index contributed by atoms with van der Waals surface area (Å²) in [5.41, 5.74) is 0. The molecule has 0 aromatic rings. The van der Waals surface area contributed by atoms with Crippen molar-refractivity contribution >= 4 is 64.3 Å². The van der Waals surface area contributed by atoms with Crippen LogP contribution in [0, 0.1) is 0 Å². The van der Waals surface area contributed by atoms with Crippen molar-refractivity contribution in [2.45, 2.75) is 96.2 Å². The molecule has 0 aromatic heterocycles. The van der Waals surface area contributed by atoms with Gasteiger partial charge in [-0.05, 0) is 0 Å². The number of methoxy groups -OCH3 is 2. The van der Waals surface area contributed by atoms with Crippen LogP contribution in [0.3, 0.4) is 0 Å². The van der Waals surface area contributed by atoms with Crippen LogP contribution in [0.1, 0.15) is 72.1 Å². The second kappa shape index (κ2) is 21.6. The van der Waals surface area contributed by atoms with Crippen molar-refractivity contribution in [3.63, 3.8) is 0 Å². The summed E-state index contributed by atoms with van der Waals surface area (Å²) >= 11 is -0.751. The number of hydrogen-bond donors (Lipinski definition) is 0. The van der Waals surface area contributed by atoms with Crippen molar-refractivity contribution in [2.75, 3.05) is 14.2 Å². The molecule has 0 bridgehead atoms. The summed E-state index contributed by atoms with van der Waals surface area (Å²) < 4.78 is 21.8. The molecule has 0 rings (SSSR count). The zero-order valence-electron chi connectivity index (χ0n) is 17.8. The van der Waals surface area contributed by atoms with E-state index in [1.54, 1.807) is 32.0 Å². The SMILES string of the molecule is CCC[CH2][Sn]([CH2]CCC)([CH2]CCC)[CH2]CCC(OC)OC.[SnH3][O][SnH3]. The van der Waals surface area contributed by atoms with Gasteiger partial charge in [0.15, 0.2) is 0 Å². The standard InChI is InChI=1S/C6H13O2.3C4H9.O.3Sn.6H/c1-4-5-6(7-2)8-3;3*1-3-4-2;;;;;;;;;;/h6H,1,4-5H2,2-3H3;3*1,3-4H2,2H3;;;;;;;;;;. The number of hydrogen-bond acceptors (Lipinski definition) is 3. The molecule has 0 aliphatic carbocycles. The molecule has 0 radical (unpaired) electrons. The fourth-order valence-electron chi connectivity index (χ4n) is 3.38. The Balaban J connectivity index is 0. The normalized spacial score (nSPS) is 11.8. The third-order valence-corrected chi connectivity index (χ3v) is 21.0. The Morgan fingerprint density at radius 1 is 0.708 bits per heavy atom. The Morgan fingerprint density at radius 2 is 1.04 bits per heavy atom. The van der Waals surface area contributed by atoms with Crippen molar-refractivity contribution in [3.05, 3.63) is 0 Å². The Hall–Kier alpha value is 2.28. The average molecular weight is 667 g/mol. The Labute approximate surface area is 183 Å². The summed E-state index contributed by atoms with van der Waals surface area (Å²) in [6.45, 7) is 7.05. The van der Waals surface area contributed by atoms with Crippen LogP contribution < -0.4 is 0 Å². The van der Waals surface area contributed by atoms with E-state index < -0.39 is 18.4 Å². The predicted molar refractivity (Wildman–Crippen MR) is 118 cm³/mol. The topological polar surface area (TPSA) is 27.7 Å². The number of unbranched alkanes of at least 4 members (excludes halogenated alkanes) is 3. The van der Waals surface area contributed by atoms with Gasteiger partial charge in [0.2, 0.25) is 0 Å². The summed E-state index contributed by atoms with van der Waals surface area (Å²) in [7, 11) is 3.52. The van der Waals surface area contributed by atoms with Gasteiger partial charge in [-0.1, -0.05) is 0 Å². The van der Waals surface area contributed by atoms with Crippen molar-refractivity contribution < 1.29 is 10.9 Å². The van der Waals surface area contributed by atoms with Gasteiger partial charge in [-0.25, -0.2) is 0 Å². The van der Waals surface area contributed by atoms with Crippen LogP contribution in [0.2, 0.25) is 17.7 Å². The van der Waals surface area contributed by atoms with Gasteiger partial charge in [0.1, 0.15) is 0 Å². The number of rotatable bonds is 15. The van der Waals surface area contributed by atoms with Gasteiger partial charge < -0.3 is 0 Å². The fourth-order valence-corrected chi connectivity index (χ4v) is 19.8. The van der Waals surface area contributed by atoms with Gasteiger partial charge in [0, 0.05) is 0 Å². The summed E-state index contributed by atoms with van der Waals surface area (Å²) in [4.78, 5) is 0. The number of ether oxygens (including phenoxy) is 2. The predicted octanol–water partition coefficient (Wildman–Crippen LogP) is 3.80. The molecular weight excluding hydrogens is 620 g/mol. The van der Waals surface area contributed by atoms with Crippen molar-refractivity contribution in [1.82, 2.24) is 0 Å². The first-order valence-corrected chi connectivity index (χ1v) is 22.8. The van der Waals surface area contributed by atoms with Gasteiger partial charge in [-0.15, -0.1) is 0 Å². The fraction of sp³-hybridized carbons (Fsp3) is 1.00. The van der Waals surface area contributed by atoms with Gasteiger partial charge in [0.25, 0.3) is 0 Å². The van der Waals surface area contributed by atoms with Crippen LogP contribution in [0.4, 0.5) is 0 Å². The second-order valence-electron chi connectivity index (χ2n) is 7.01. The Bertz CT molecular complexity index is 218. The monoisotopic (exact) mass is 670 g/mol. The molecule has 0 atom stereocenters. The van der Waals surface area contributed by atoms with Crippen LogP contribution in [-0.2, 0) is 10.9 Å². The van der Waals surface area contributed by atoms with Crippen molar-refractivity contribution in [1.29, 1.82) is 0 Å². The van der Waals surface area contributed by atoms with E-state index in [0.29, 0.717) is 45.9 Å². The molecule has 0 aromatic carbocycles. The second-order valence-corrected chi connectivity index (χ2v) is 39.2. The summed E-state index contributed by atoms with van der Waals surface area (Å²) in [5.74, 6) is 0. The zero-order valence-corrected chi connectivity index (χ0v) is 32.1. The molecule has 0 spiro atoms. The van der Waals surface area contributed by atoms with Gasteiger partial charge >= 0.3 is 186 Å².